The first-order valence-electron chi connectivity index (χ1n) is 7.00. The Bertz CT molecular complexity index is 587. The number of benzene rings is 1. The molecular weight excluding hydrogens is 220 g/mol. The minimum atomic E-state index is 0.979. The van der Waals surface area contributed by atoms with E-state index in [2.05, 4.69) is 25.1 Å². The second-order valence-electron chi connectivity index (χ2n) is 5.22. The largest absolute Gasteiger partial charge is 0.398 e. The van der Waals surface area contributed by atoms with Crippen molar-refractivity contribution in [3.63, 3.8) is 0 Å². The fraction of sp³-hybridized carbons (Fsp3) is 0.438. The molecule has 1 aromatic carbocycles. The van der Waals surface area contributed by atoms with Crippen molar-refractivity contribution in [1.29, 1.82) is 0 Å². The van der Waals surface area contributed by atoms with Gasteiger partial charge in [0.15, 0.2) is 0 Å². The number of nitrogens with zero attached hydrogens (tertiary/aromatic N) is 1. The van der Waals surface area contributed by atoms with Crippen molar-refractivity contribution in [2.75, 3.05) is 5.73 Å². The van der Waals surface area contributed by atoms with E-state index in [-0.39, 0.29) is 0 Å². The zero-order chi connectivity index (χ0) is 12.5. The summed E-state index contributed by atoms with van der Waals surface area (Å²) in [7, 11) is 0. The van der Waals surface area contributed by atoms with E-state index in [0.29, 0.717) is 0 Å². The molecule has 3 rings (SSSR count). The first-order chi connectivity index (χ1) is 8.81. The van der Waals surface area contributed by atoms with Crippen molar-refractivity contribution in [2.24, 2.45) is 0 Å². The summed E-state index contributed by atoms with van der Waals surface area (Å²) in [5, 5.41) is 1.15. The monoisotopic (exact) mass is 240 g/mol. The lowest BCUT2D eigenvalue weighted by molar-refractivity contribution is 0.672. The van der Waals surface area contributed by atoms with Crippen LogP contribution in [0.2, 0.25) is 0 Å². The fourth-order valence-corrected chi connectivity index (χ4v) is 3.01. The van der Waals surface area contributed by atoms with Gasteiger partial charge in [0.2, 0.25) is 0 Å². The molecule has 2 heteroatoms. The first-order valence-corrected chi connectivity index (χ1v) is 7.00. The van der Waals surface area contributed by atoms with Crippen molar-refractivity contribution in [3.8, 4) is 0 Å². The Morgan fingerprint density at radius 3 is 2.89 bits per heavy atom. The molecule has 0 saturated carbocycles. The minimum absolute atomic E-state index is 0.979. The van der Waals surface area contributed by atoms with Crippen LogP contribution in [0.3, 0.4) is 0 Å². The van der Waals surface area contributed by atoms with Gasteiger partial charge >= 0.3 is 0 Å². The Balaban J connectivity index is 2.27. The molecule has 1 heterocycles. The summed E-state index contributed by atoms with van der Waals surface area (Å²) in [5.41, 5.74) is 12.4. The molecule has 0 saturated heterocycles. The van der Waals surface area contributed by atoms with Gasteiger partial charge in [0, 0.05) is 16.8 Å². The Hall–Kier alpha value is -1.57. The number of anilines is 1. The topological polar surface area (TPSA) is 38.9 Å². The predicted octanol–water partition coefficient (Wildman–Crippen LogP) is 3.65. The lowest BCUT2D eigenvalue weighted by atomic mass is 9.92. The fourth-order valence-electron chi connectivity index (χ4n) is 3.01. The third kappa shape index (κ3) is 1.76. The van der Waals surface area contributed by atoms with Gasteiger partial charge < -0.3 is 5.73 Å². The summed E-state index contributed by atoms with van der Waals surface area (Å²) in [6.07, 6.45) is 6.93. The average Bonchev–Trinajstić information content (AvgIpc) is 2.40. The normalized spacial score (nSPS) is 14.7. The number of hydrogen-bond donors (Lipinski definition) is 1. The van der Waals surface area contributed by atoms with Gasteiger partial charge in [-0.3, -0.25) is 4.98 Å². The summed E-state index contributed by atoms with van der Waals surface area (Å²) < 4.78 is 0. The van der Waals surface area contributed by atoms with E-state index >= 15 is 0 Å². The Labute approximate surface area is 108 Å². The molecule has 0 fully saturated rings. The van der Waals surface area contributed by atoms with Gasteiger partial charge in [-0.15, -0.1) is 0 Å². The maximum Gasteiger partial charge on any atom is 0.0758 e. The second-order valence-corrected chi connectivity index (χ2v) is 5.22. The molecule has 18 heavy (non-hydrogen) atoms. The highest BCUT2D eigenvalue weighted by Crippen LogP contribution is 2.32. The van der Waals surface area contributed by atoms with Gasteiger partial charge in [-0.1, -0.05) is 31.5 Å². The van der Waals surface area contributed by atoms with E-state index in [1.165, 1.54) is 29.7 Å². The lowest BCUT2D eigenvalue weighted by Gasteiger charge is -2.19. The molecule has 94 valence electrons. The maximum atomic E-state index is 6.36. The second kappa shape index (κ2) is 4.60. The van der Waals surface area contributed by atoms with Crippen LogP contribution in [-0.4, -0.2) is 4.98 Å². The molecule has 1 aromatic heterocycles. The zero-order valence-electron chi connectivity index (χ0n) is 11.0. The van der Waals surface area contributed by atoms with Gasteiger partial charge in [-0.05, 0) is 43.2 Å². The predicted molar refractivity (Wildman–Crippen MR) is 76.8 cm³/mol. The van der Waals surface area contributed by atoms with Crippen molar-refractivity contribution in [3.05, 3.63) is 35.0 Å². The highest BCUT2D eigenvalue weighted by Gasteiger charge is 2.17. The van der Waals surface area contributed by atoms with Gasteiger partial charge in [0.05, 0.1) is 5.52 Å². The van der Waals surface area contributed by atoms with Gasteiger partial charge in [-0.2, -0.15) is 0 Å². The molecule has 2 nitrogen and oxygen atoms in total. The molecule has 2 N–H and O–H groups in total. The van der Waals surface area contributed by atoms with Crippen LogP contribution >= 0.6 is 0 Å². The van der Waals surface area contributed by atoms with Crippen molar-refractivity contribution in [1.82, 2.24) is 4.98 Å². The van der Waals surface area contributed by atoms with Crippen molar-refractivity contribution < 1.29 is 0 Å². The summed E-state index contributed by atoms with van der Waals surface area (Å²) in [5.74, 6) is 0. The quantitative estimate of drug-likeness (QED) is 0.870. The number of para-hydroxylation sites is 1. The minimum Gasteiger partial charge on any atom is -0.398 e. The van der Waals surface area contributed by atoms with Crippen LogP contribution in [0.4, 0.5) is 5.69 Å². The Morgan fingerprint density at radius 1 is 1.22 bits per heavy atom. The molecule has 1 aliphatic rings. The Morgan fingerprint density at radius 2 is 2.06 bits per heavy atom. The molecule has 0 aliphatic heterocycles. The number of nitrogens with two attached hydrogens (primary N) is 1. The third-order valence-electron chi connectivity index (χ3n) is 3.94. The first kappa shape index (κ1) is 11.5. The number of fused-ring (bicyclic) bond motifs is 2. The third-order valence-corrected chi connectivity index (χ3v) is 3.94. The smallest absolute Gasteiger partial charge is 0.0758 e. The number of aryl methyl sites for hydroxylation is 2. The lowest BCUT2D eigenvalue weighted by Crippen LogP contribution is -2.10. The molecule has 0 spiro atoms. The van der Waals surface area contributed by atoms with Gasteiger partial charge in [0.25, 0.3) is 0 Å². The van der Waals surface area contributed by atoms with Crippen LogP contribution in [0.1, 0.15) is 43.0 Å². The Kier molecular flexibility index (Phi) is 2.94. The molecule has 2 aromatic rings. The highest BCUT2D eigenvalue weighted by molar-refractivity contribution is 5.94. The molecule has 0 radical (unpaired) electrons. The molecule has 0 bridgehead atoms. The van der Waals surface area contributed by atoms with E-state index in [4.69, 9.17) is 10.7 Å². The summed E-state index contributed by atoms with van der Waals surface area (Å²) in [6, 6.07) is 6.42. The van der Waals surface area contributed by atoms with Crippen LogP contribution in [0.15, 0.2) is 18.2 Å². The number of nitrogen functional groups attached to an aromatic ring is 1. The average molecular weight is 240 g/mol. The molecule has 0 amide bonds. The van der Waals surface area contributed by atoms with E-state index < -0.39 is 0 Å². The number of hydrogen-bond acceptors (Lipinski definition) is 2. The van der Waals surface area contributed by atoms with E-state index in [0.717, 1.165) is 42.3 Å². The zero-order valence-corrected chi connectivity index (χ0v) is 11.0. The van der Waals surface area contributed by atoms with Gasteiger partial charge in [0.1, 0.15) is 0 Å². The highest BCUT2D eigenvalue weighted by atomic mass is 14.7. The number of pyridine rings is 1. The van der Waals surface area contributed by atoms with Crippen LogP contribution in [-0.2, 0) is 19.3 Å². The van der Waals surface area contributed by atoms with E-state index in [1.54, 1.807) is 0 Å². The molecule has 1 aliphatic carbocycles. The summed E-state index contributed by atoms with van der Waals surface area (Å²) in [4.78, 5) is 4.92. The van der Waals surface area contributed by atoms with Crippen molar-refractivity contribution in [2.45, 2.75) is 45.4 Å². The number of rotatable bonds is 2. The van der Waals surface area contributed by atoms with Gasteiger partial charge in [-0.25, -0.2) is 0 Å². The molecule has 0 unspecified atom stereocenters. The van der Waals surface area contributed by atoms with Crippen LogP contribution in [0, 0.1) is 0 Å². The van der Waals surface area contributed by atoms with Crippen LogP contribution in [0.25, 0.3) is 10.9 Å². The molecular formula is C16H20N2. The van der Waals surface area contributed by atoms with Crippen LogP contribution in [0.5, 0.6) is 0 Å². The van der Waals surface area contributed by atoms with Crippen molar-refractivity contribution >= 4 is 16.6 Å². The standard InChI is InChI=1S/C16H20N2/c1-2-6-11-7-5-9-13-15(17)12-8-3-4-10-14(12)18-16(11)13/h5,7,9H,2-4,6,8,10H2,1H3,(H2,17,18). The van der Waals surface area contributed by atoms with E-state index in [9.17, 15) is 0 Å². The summed E-state index contributed by atoms with van der Waals surface area (Å²) >= 11 is 0. The number of aromatic nitrogens is 1. The molecule has 0 atom stereocenters. The SMILES string of the molecule is CCCc1cccc2c(N)c3c(nc12)CCCC3. The summed E-state index contributed by atoms with van der Waals surface area (Å²) in [6.45, 7) is 2.21. The van der Waals surface area contributed by atoms with Crippen LogP contribution < -0.4 is 5.73 Å². The maximum absolute atomic E-state index is 6.36. The van der Waals surface area contributed by atoms with E-state index in [1.807, 2.05) is 0 Å².